The van der Waals surface area contributed by atoms with Crippen molar-refractivity contribution in [3.63, 3.8) is 0 Å². The standard InChI is InChI=1S/C24H23BrN2O3/c1-2-13-27(22-12-11-20(16-26-22)24(28)29)23(15-19-9-6-10-21(25)14-19)30-17-18-7-4-3-5-8-18/h2-12,14,16,23H,1,13,15,17H2,(H,28,29). The Kier molecular flexibility index (Phi) is 7.76. The largest absolute Gasteiger partial charge is 0.478 e. The molecule has 5 nitrogen and oxygen atoms in total. The predicted molar refractivity (Wildman–Crippen MR) is 122 cm³/mol. The summed E-state index contributed by atoms with van der Waals surface area (Å²) >= 11 is 3.52. The number of carbonyl (C=O) groups is 1. The van der Waals surface area contributed by atoms with Crippen molar-refractivity contribution in [2.75, 3.05) is 11.4 Å². The Morgan fingerprint density at radius 2 is 1.90 bits per heavy atom. The molecular formula is C24H23BrN2O3. The first-order valence-electron chi connectivity index (χ1n) is 9.53. The van der Waals surface area contributed by atoms with E-state index >= 15 is 0 Å². The molecule has 6 heteroatoms. The minimum atomic E-state index is -1.00. The molecule has 1 atom stereocenters. The van der Waals surface area contributed by atoms with Crippen LogP contribution in [0.25, 0.3) is 0 Å². The number of carboxylic acid groups (broad SMARTS) is 1. The molecule has 0 amide bonds. The maximum Gasteiger partial charge on any atom is 0.337 e. The first-order valence-corrected chi connectivity index (χ1v) is 10.3. The average molecular weight is 467 g/mol. The fourth-order valence-corrected chi connectivity index (χ4v) is 3.52. The molecule has 3 aromatic rings. The van der Waals surface area contributed by atoms with Gasteiger partial charge in [0.25, 0.3) is 0 Å². The third-order valence-electron chi connectivity index (χ3n) is 4.55. The molecule has 154 valence electrons. The van der Waals surface area contributed by atoms with Crippen molar-refractivity contribution in [3.05, 3.63) is 107 Å². The van der Waals surface area contributed by atoms with Gasteiger partial charge in [-0.25, -0.2) is 9.78 Å². The van der Waals surface area contributed by atoms with Gasteiger partial charge in [0.2, 0.25) is 0 Å². The summed E-state index contributed by atoms with van der Waals surface area (Å²) in [7, 11) is 0. The van der Waals surface area contributed by atoms with Crippen LogP contribution in [-0.4, -0.2) is 28.8 Å². The Morgan fingerprint density at radius 3 is 2.53 bits per heavy atom. The lowest BCUT2D eigenvalue weighted by Gasteiger charge is -2.32. The fourth-order valence-electron chi connectivity index (χ4n) is 3.07. The zero-order chi connectivity index (χ0) is 21.3. The summed E-state index contributed by atoms with van der Waals surface area (Å²) in [6.45, 7) is 4.82. The minimum Gasteiger partial charge on any atom is -0.478 e. The molecule has 1 N–H and O–H groups in total. The van der Waals surface area contributed by atoms with Gasteiger partial charge in [-0.15, -0.1) is 6.58 Å². The summed E-state index contributed by atoms with van der Waals surface area (Å²) in [6.07, 6.45) is 3.46. The summed E-state index contributed by atoms with van der Waals surface area (Å²) in [6, 6.07) is 21.3. The van der Waals surface area contributed by atoms with Crippen LogP contribution in [0.4, 0.5) is 5.82 Å². The highest BCUT2D eigenvalue weighted by atomic mass is 79.9. The van der Waals surface area contributed by atoms with Crippen LogP contribution in [0.5, 0.6) is 0 Å². The molecule has 2 aromatic carbocycles. The van der Waals surface area contributed by atoms with Crippen LogP contribution in [0.2, 0.25) is 0 Å². The number of rotatable bonds is 10. The van der Waals surface area contributed by atoms with Gasteiger partial charge in [-0.2, -0.15) is 0 Å². The summed E-state index contributed by atoms with van der Waals surface area (Å²) < 4.78 is 7.33. The second kappa shape index (κ2) is 10.7. The monoisotopic (exact) mass is 466 g/mol. The summed E-state index contributed by atoms with van der Waals surface area (Å²) in [4.78, 5) is 17.5. The highest BCUT2D eigenvalue weighted by Crippen LogP contribution is 2.21. The molecule has 0 aliphatic heterocycles. The summed E-state index contributed by atoms with van der Waals surface area (Å²) in [5, 5.41) is 9.16. The van der Waals surface area contributed by atoms with E-state index in [2.05, 4.69) is 39.6 Å². The van der Waals surface area contributed by atoms with Gasteiger partial charge in [-0.1, -0.05) is 64.5 Å². The van der Waals surface area contributed by atoms with E-state index in [0.29, 0.717) is 25.4 Å². The van der Waals surface area contributed by atoms with E-state index in [9.17, 15) is 4.79 Å². The van der Waals surface area contributed by atoms with Gasteiger partial charge in [0.05, 0.1) is 12.2 Å². The van der Waals surface area contributed by atoms with Crippen LogP contribution in [0.3, 0.4) is 0 Å². The van der Waals surface area contributed by atoms with Gasteiger partial charge in [0.15, 0.2) is 0 Å². The molecule has 0 radical (unpaired) electrons. The number of benzene rings is 2. The molecule has 1 heterocycles. The van der Waals surface area contributed by atoms with Crippen LogP contribution < -0.4 is 4.90 Å². The maximum atomic E-state index is 11.2. The van der Waals surface area contributed by atoms with Crippen molar-refractivity contribution in [2.45, 2.75) is 19.3 Å². The molecule has 0 aliphatic rings. The Balaban J connectivity index is 1.88. The van der Waals surface area contributed by atoms with Crippen molar-refractivity contribution in [1.82, 2.24) is 4.98 Å². The molecule has 30 heavy (non-hydrogen) atoms. The van der Waals surface area contributed by atoms with Gasteiger partial charge >= 0.3 is 5.97 Å². The molecular weight excluding hydrogens is 444 g/mol. The van der Waals surface area contributed by atoms with Crippen molar-refractivity contribution in [2.24, 2.45) is 0 Å². The summed E-state index contributed by atoms with van der Waals surface area (Å²) in [5.74, 6) is -0.372. The normalized spacial score (nSPS) is 11.6. The van der Waals surface area contributed by atoms with Crippen LogP contribution in [0, 0.1) is 0 Å². The lowest BCUT2D eigenvalue weighted by Crippen LogP contribution is -2.40. The van der Waals surface area contributed by atoms with Crippen molar-refractivity contribution in [1.29, 1.82) is 0 Å². The Morgan fingerprint density at radius 1 is 1.13 bits per heavy atom. The molecule has 0 spiro atoms. The fraction of sp³-hybridized carbons (Fsp3) is 0.167. The van der Waals surface area contributed by atoms with E-state index in [1.807, 2.05) is 47.4 Å². The lowest BCUT2D eigenvalue weighted by atomic mass is 10.1. The quantitative estimate of drug-likeness (QED) is 0.323. The highest BCUT2D eigenvalue weighted by Gasteiger charge is 2.21. The summed E-state index contributed by atoms with van der Waals surface area (Å²) in [5.41, 5.74) is 2.33. The van der Waals surface area contributed by atoms with Crippen LogP contribution in [0.15, 0.2) is 90.1 Å². The first-order chi connectivity index (χ1) is 14.6. The number of aromatic carboxylic acids is 1. The van der Waals surface area contributed by atoms with E-state index in [1.54, 1.807) is 18.2 Å². The van der Waals surface area contributed by atoms with Crippen LogP contribution >= 0.6 is 15.9 Å². The van der Waals surface area contributed by atoms with Gasteiger partial charge in [-0.05, 0) is 35.4 Å². The van der Waals surface area contributed by atoms with Gasteiger partial charge in [0, 0.05) is 23.6 Å². The lowest BCUT2D eigenvalue weighted by molar-refractivity contribution is 0.0394. The minimum absolute atomic E-state index is 0.144. The van der Waals surface area contributed by atoms with Crippen LogP contribution in [-0.2, 0) is 17.8 Å². The zero-order valence-electron chi connectivity index (χ0n) is 16.4. The van der Waals surface area contributed by atoms with Crippen LogP contribution in [0.1, 0.15) is 21.5 Å². The number of carboxylic acids is 1. The highest BCUT2D eigenvalue weighted by molar-refractivity contribution is 9.10. The first kappa shape index (κ1) is 21.7. The number of hydrogen-bond acceptors (Lipinski definition) is 4. The van der Waals surface area contributed by atoms with E-state index in [4.69, 9.17) is 9.84 Å². The number of halogens is 1. The second-order valence-electron chi connectivity index (χ2n) is 6.74. The molecule has 3 rings (SSSR count). The molecule has 1 aromatic heterocycles. The van der Waals surface area contributed by atoms with Crippen molar-refractivity contribution >= 4 is 27.7 Å². The van der Waals surface area contributed by atoms with E-state index in [1.165, 1.54) is 6.20 Å². The predicted octanol–water partition coefficient (Wildman–Crippen LogP) is 5.32. The van der Waals surface area contributed by atoms with E-state index < -0.39 is 5.97 Å². The van der Waals surface area contributed by atoms with Gasteiger partial charge in [-0.3, -0.25) is 0 Å². The van der Waals surface area contributed by atoms with E-state index in [0.717, 1.165) is 15.6 Å². The Hall–Kier alpha value is -2.96. The van der Waals surface area contributed by atoms with Gasteiger partial charge < -0.3 is 14.7 Å². The number of hydrogen-bond donors (Lipinski definition) is 1. The van der Waals surface area contributed by atoms with Gasteiger partial charge in [0.1, 0.15) is 12.0 Å². The molecule has 0 aliphatic carbocycles. The number of aromatic nitrogens is 1. The Bertz CT molecular complexity index is 977. The number of ether oxygens (including phenoxy) is 1. The number of nitrogens with zero attached hydrogens (tertiary/aromatic N) is 2. The molecule has 0 bridgehead atoms. The smallest absolute Gasteiger partial charge is 0.337 e. The molecule has 0 saturated carbocycles. The SMILES string of the molecule is C=CCN(c1ccc(C(=O)O)cn1)C(Cc1cccc(Br)c1)OCc1ccccc1. The zero-order valence-corrected chi connectivity index (χ0v) is 18.0. The average Bonchev–Trinajstić information content (AvgIpc) is 2.76. The maximum absolute atomic E-state index is 11.2. The topological polar surface area (TPSA) is 62.7 Å². The molecule has 0 fully saturated rings. The van der Waals surface area contributed by atoms with Crippen molar-refractivity contribution in [3.8, 4) is 0 Å². The Labute approximate surface area is 184 Å². The second-order valence-corrected chi connectivity index (χ2v) is 7.65. The third kappa shape index (κ3) is 6.02. The third-order valence-corrected chi connectivity index (χ3v) is 5.04. The van der Waals surface area contributed by atoms with Crippen molar-refractivity contribution < 1.29 is 14.6 Å². The number of anilines is 1. The van der Waals surface area contributed by atoms with E-state index in [-0.39, 0.29) is 11.8 Å². The molecule has 1 unspecified atom stereocenters. The molecule has 0 saturated heterocycles. The number of pyridine rings is 1.